The van der Waals surface area contributed by atoms with E-state index < -0.39 is 0 Å². The zero-order chi connectivity index (χ0) is 15.1. The Kier molecular flexibility index (Phi) is 3.10. The van der Waals surface area contributed by atoms with E-state index in [1.165, 1.54) is 29.1 Å². The van der Waals surface area contributed by atoms with Crippen LogP contribution in [0.3, 0.4) is 0 Å². The van der Waals surface area contributed by atoms with Crippen molar-refractivity contribution in [3.05, 3.63) is 35.5 Å². The number of likely N-dealkylation sites (N-methyl/N-ethyl adjacent to an activating group) is 1. The monoisotopic (exact) mass is 332 g/mol. The molecule has 0 bridgehead atoms. The number of halogens is 1. The zero-order valence-corrected chi connectivity index (χ0v) is 14.2. The van der Waals surface area contributed by atoms with Gasteiger partial charge in [0.05, 0.1) is 13.0 Å². The Bertz CT molecular complexity index is 801. The van der Waals surface area contributed by atoms with E-state index in [0.717, 1.165) is 19.4 Å². The summed E-state index contributed by atoms with van der Waals surface area (Å²) in [6, 6.07) is 7.08. The molecule has 3 aliphatic rings. The fourth-order valence-corrected chi connectivity index (χ4v) is 5.38. The van der Waals surface area contributed by atoms with Crippen LogP contribution in [0.2, 0.25) is 0 Å². The summed E-state index contributed by atoms with van der Waals surface area (Å²) >= 11 is 0. The second-order valence-electron chi connectivity index (χ2n) is 7.18. The van der Waals surface area contributed by atoms with Crippen LogP contribution in [0.5, 0.6) is 0 Å². The van der Waals surface area contributed by atoms with Crippen molar-refractivity contribution in [3.63, 3.8) is 0 Å². The summed E-state index contributed by atoms with van der Waals surface area (Å²) < 4.78 is 5.07. The van der Waals surface area contributed by atoms with Gasteiger partial charge in [-0.2, -0.15) is 0 Å². The van der Waals surface area contributed by atoms with Crippen molar-refractivity contribution in [1.29, 1.82) is 0 Å². The third kappa shape index (κ3) is 1.68. The van der Waals surface area contributed by atoms with Gasteiger partial charge in [0.2, 0.25) is 0 Å². The Morgan fingerprint density at radius 3 is 3.04 bits per heavy atom. The van der Waals surface area contributed by atoms with Gasteiger partial charge in [-0.25, -0.2) is 0 Å². The van der Waals surface area contributed by atoms with Crippen LogP contribution in [-0.2, 0) is 21.4 Å². The maximum atomic E-state index is 12.2. The first-order valence-electron chi connectivity index (χ1n) is 8.04. The molecule has 0 unspecified atom stereocenters. The first-order valence-corrected chi connectivity index (χ1v) is 8.04. The van der Waals surface area contributed by atoms with E-state index >= 15 is 0 Å². The van der Waals surface area contributed by atoms with Crippen LogP contribution in [0.4, 0.5) is 0 Å². The van der Waals surface area contributed by atoms with Gasteiger partial charge in [0.15, 0.2) is 0 Å². The van der Waals surface area contributed by atoms with Gasteiger partial charge < -0.3 is 14.6 Å². The van der Waals surface area contributed by atoms with Crippen LogP contribution < -0.4 is 0 Å². The molecule has 5 heteroatoms. The molecule has 4 nitrogen and oxygen atoms in total. The van der Waals surface area contributed by atoms with Crippen molar-refractivity contribution in [2.45, 2.75) is 24.3 Å². The molecule has 1 aromatic carbocycles. The minimum Gasteiger partial charge on any atom is -0.469 e. The van der Waals surface area contributed by atoms with Crippen molar-refractivity contribution in [3.8, 4) is 0 Å². The molecule has 122 valence electrons. The van der Waals surface area contributed by atoms with E-state index in [4.69, 9.17) is 4.74 Å². The van der Waals surface area contributed by atoms with Gasteiger partial charge in [-0.05, 0) is 43.0 Å². The summed E-state index contributed by atoms with van der Waals surface area (Å²) in [5.41, 5.74) is 4.26. The number of rotatable bonds is 1. The number of methoxy groups -OCH3 is 1. The van der Waals surface area contributed by atoms with Gasteiger partial charge in [0.1, 0.15) is 0 Å². The molecule has 23 heavy (non-hydrogen) atoms. The molecule has 1 spiro atoms. The third-order valence-corrected chi connectivity index (χ3v) is 6.36. The van der Waals surface area contributed by atoms with Crippen LogP contribution >= 0.6 is 12.4 Å². The molecule has 2 aromatic rings. The predicted molar refractivity (Wildman–Crippen MR) is 91.0 cm³/mol. The number of aromatic amines is 1. The highest BCUT2D eigenvalue weighted by molar-refractivity contribution is 5.90. The molecule has 0 amide bonds. The largest absolute Gasteiger partial charge is 0.469 e. The maximum Gasteiger partial charge on any atom is 0.310 e. The second kappa shape index (κ2) is 4.74. The molecule has 1 N–H and O–H groups in total. The van der Waals surface area contributed by atoms with E-state index in [1.807, 2.05) is 0 Å². The Hall–Kier alpha value is -1.52. The lowest BCUT2D eigenvalue weighted by atomic mass is 9.71. The average Bonchev–Trinajstić information content (AvgIpc) is 3.14. The number of nitrogens with zero attached hydrogens (tertiary/aromatic N) is 1. The molecule has 2 heterocycles. The number of ether oxygens (including phenoxy) is 1. The lowest BCUT2D eigenvalue weighted by Gasteiger charge is -2.45. The van der Waals surface area contributed by atoms with Gasteiger partial charge in [0.25, 0.3) is 0 Å². The summed E-state index contributed by atoms with van der Waals surface area (Å²) in [6.45, 7) is 0.819. The van der Waals surface area contributed by atoms with Crippen LogP contribution in [0.1, 0.15) is 17.5 Å². The van der Waals surface area contributed by atoms with Crippen molar-refractivity contribution in [1.82, 2.24) is 9.88 Å². The summed E-state index contributed by atoms with van der Waals surface area (Å²) in [7, 11) is 3.67. The van der Waals surface area contributed by atoms with Crippen molar-refractivity contribution in [2.24, 2.45) is 11.8 Å². The van der Waals surface area contributed by atoms with Crippen molar-refractivity contribution in [2.75, 3.05) is 20.7 Å². The highest BCUT2D eigenvalue weighted by Gasteiger charge is 2.69. The van der Waals surface area contributed by atoms with E-state index in [1.54, 1.807) is 0 Å². The molecular weight excluding hydrogens is 312 g/mol. The summed E-state index contributed by atoms with van der Waals surface area (Å²) in [6.07, 6.45) is 4.36. The topological polar surface area (TPSA) is 45.3 Å². The molecule has 1 saturated heterocycles. The standard InChI is InChI=1S/C18H20N2O2.ClH/c1-20-9-11(17(21)22-2)13-7-18(13)12-4-3-5-14-16(12)10(8-19-14)6-15(18)20;/h3-5,8,11,13,15,19H,6-7,9H2,1-2H3;1H/t11-,13+,15+,18-;/m0./s1. The molecule has 1 aliphatic heterocycles. The fraction of sp³-hybridized carbons (Fsp3) is 0.500. The smallest absolute Gasteiger partial charge is 0.310 e. The first kappa shape index (κ1) is 15.0. The van der Waals surface area contributed by atoms with E-state index in [2.05, 4.69) is 41.3 Å². The molecular formula is C18H21ClN2O2. The molecule has 4 atom stereocenters. The lowest BCUT2D eigenvalue weighted by Crippen LogP contribution is -2.53. The number of piperidine rings is 1. The second-order valence-corrected chi connectivity index (χ2v) is 7.18. The van der Waals surface area contributed by atoms with Gasteiger partial charge in [-0.3, -0.25) is 4.79 Å². The highest BCUT2D eigenvalue weighted by atomic mass is 35.5. The van der Waals surface area contributed by atoms with E-state index in [9.17, 15) is 4.79 Å². The number of H-pyrrole nitrogens is 1. The maximum absolute atomic E-state index is 12.2. The highest BCUT2D eigenvalue weighted by Crippen LogP contribution is 2.66. The normalized spacial score (nSPS) is 34.3. The van der Waals surface area contributed by atoms with Crippen LogP contribution in [0.15, 0.2) is 24.4 Å². The molecule has 1 aromatic heterocycles. The molecule has 1 saturated carbocycles. The zero-order valence-electron chi connectivity index (χ0n) is 13.3. The van der Waals surface area contributed by atoms with Crippen LogP contribution in [0, 0.1) is 11.8 Å². The average molecular weight is 333 g/mol. The Morgan fingerprint density at radius 1 is 1.43 bits per heavy atom. The van der Waals surface area contributed by atoms with Gasteiger partial charge in [-0.15, -0.1) is 12.4 Å². The summed E-state index contributed by atoms with van der Waals surface area (Å²) in [5, 5.41) is 1.40. The number of carbonyl (C=O) groups excluding carboxylic acids is 1. The number of carbonyl (C=O) groups is 1. The number of likely N-dealkylation sites (tertiary alicyclic amines) is 1. The molecule has 2 aliphatic carbocycles. The quantitative estimate of drug-likeness (QED) is 0.816. The minimum absolute atomic E-state index is 0. The molecule has 5 rings (SSSR count). The van der Waals surface area contributed by atoms with E-state index in [-0.39, 0.29) is 29.7 Å². The Morgan fingerprint density at radius 2 is 2.26 bits per heavy atom. The van der Waals surface area contributed by atoms with E-state index in [0.29, 0.717) is 12.0 Å². The summed E-state index contributed by atoms with van der Waals surface area (Å²) in [4.78, 5) is 18.0. The first-order chi connectivity index (χ1) is 10.7. The number of esters is 1. The lowest BCUT2D eigenvalue weighted by molar-refractivity contribution is -0.148. The molecule has 0 radical (unpaired) electrons. The SMILES string of the molecule is COC(=O)[C@H]1CN(C)[C@@H]2Cc3c[nH]c4cccc(c34)[C@]23C[C@H]13.Cl. The third-order valence-electron chi connectivity index (χ3n) is 6.36. The number of benzene rings is 1. The Balaban J connectivity index is 0.00000135. The van der Waals surface area contributed by atoms with Gasteiger partial charge in [0, 0.05) is 35.1 Å². The number of hydrogen-bond donors (Lipinski definition) is 1. The van der Waals surface area contributed by atoms with Gasteiger partial charge in [-0.1, -0.05) is 12.1 Å². The fourth-order valence-electron chi connectivity index (χ4n) is 5.38. The predicted octanol–water partition coefficient (Wildman–Crippen LogP) is 2.51. The van der Waals surface area contributed by atoms with Crippen molar-refractivity contribution >= 4 is 29.3 Å². The summed E-state index contributed by atoms with van der Waals surface area (Å²) in [5.74, 6) is 0.413. The van der Waals surface area contributed by atoms with Crippen LogP contribution in [0.25, 0.3) is 10.9 Å². The van der Waals surface area contributed by atoms with Crippen LogP contribution in [-0.4, -0.2) is 42.6 Å². The Labute approximate surface area is 141 Å². The number of hydrogen-bond acceptors (Lipinski definition) is 3. The minimum atomic E-state index is -0.0424. The number of nitrogens with one attached hydrogen (secondary N) is 1. The van der Waals surface area contributed by atoms with Gasteiger partial charge >= 0.3 is 5.97 Å². The van der Waals surface area contributed by atoms with Crippen molar-refractivity contribution < 1.29 is 9.53 Å². The molecule has 2 fully saturated rings. The number of aromatic nitrogens is 1.